The number of thioether (sulfide) groups is 1. The summed E-state index contributed by atoms with van der Waals surface area (Å²) < 4.78 is 2.29. The molecule has 24 heavy (non-hydrogen) atoms. The number of nitrogens with zero attached hydrogens (tertiary/aromatic N) is 3. The molecule has 0 N–H and O–H groups in total. The highest BCUT2D eigenvalue weighted by Gasteiger charge is 2.30. The molecule has 122 valence electrons. The maximum Gasteiger partial charge on any atom is 0.192 e. The van der Waals surface area contributed by atoms with Gasteiger partial charge in [-0.1, -0.05) is 72.4 Å². The van der Waals surface area contributed by atoms with Gasteiger partial charge in [-0.15, -0.1) is 10.2 Å². The zero-order valence-corrected chi connectivity index (χ0v) is 14.6. The third kappa shape index (κ3) is 3.11. The number of aromatic nitrogens is 3. The molecule has 0 unspecified atom stereocenters. The van der Waals surface area contributed by atoms with Crippen LogP contribution in [0.25, 0.3) is 0 Å². The van der Waals surface area contributed by atoms with Gasteiger partial charge in [0.15, 0.2) is 5.16 Å². The lowest BCUT2D eigenvalue weighted by molar-refractivity contribution is 0.643. The second-order valence-electron chi connectivity index (χ2n) is 6.18. The molecular weight excluding hydrogens is 314 g/mol. The maximum atomic E-state index is 4.51. The molecule has 0 radical (unpaired) electrons. The summed E-state index contributed by atoms with van der Waals surface area (Å²) in [6.07, 6.45) is 2.51. The highest BCUT2D eigenvalue weighted by Crippen LogP contribution is 2.43. The Morgan fingerprint density at radius 2 is 1.54 bits per heavy atom. The van der Waals surface area contributed by atoms with E-state index >= 15 is 0 Å². The highest BCUT2D eigenvalue weighted by atomic mass is 32.2. The van der Waals surface area contributed by atoms with Crippen molar-refractivity contribution in [3.63, 3.8) is 0 Å². The van der Waals surface area contributed by atoms with Gasteiger partial charge in [-0.3, -0.25) is 0 Å². The first-order valence-corrected chi connectivity index (χ1v) is 9.44. The van der Waals surface area contributed by atoms with E-state index in [1.807, 2.05) is 0 Å². The van der Waals surface area contributed by atoms with Crippen LogP contribution in [0, 0.1) is 0 Å². The molecule has 3 aromatic rings. The van der Waals surface area contributed by atoms with Crippen molar-refractivity contribution in [2.24, 2.45) is 0 Å². The highest BCUT2D eigenvalue weighted by molar-refractivity contribution is 7.99. The van der Waals surface area contributed by atoms with Crippen LogP contribution in [0.4, 0.5) is 0 Å². The fourth-order valence-corrected chi connectivity index (χ4v) is 4.25. The van der Waals surface area contributed by atoms with Gasteiger partial charge in [0.2, 0.25) is 0 Å². The summed E-state index contributed by atoms with van der Waals surface area (Å²) in [5.41, 5.74) is 2.60. The topological polar surface area (TPSA) is 30.7 Å². The summed E-state index contributed by atoms with van der Waals surface area (Å²) in [7, 11) is 0. The number of hydrogen-bond donors (Lipinski definition) is 0. The van der Waals surface area contributed by atoms with E-state index in [0.717, 1.165) is 11.7 Å². The Morgan fingerprint density at radius 1 is 0.958 bits per heavy atom. The number of benzene rings is 2. The summed E-state index contributed by atoms with van der Waals surface area (Å²) in [6.45, 7) is 3.11. The van der Waals surface area contributed by atoms with E-state index in [0.29, 0.717) is 5.92 Å². The van der Waals surface area contributed by atoms with Crippen LogP contribution in [-0.2, 0) is 6.54 Å². The SMILES string of the molecule is CCn1c(SC(c2ccccc2)c2ccccc2)nnc1C1CC1. The molecule has 2 aromatic carbocycles. The van der Waals surface area contributed by atoms with Crippen LogP contribution in [0.5, 0.6) is 0 Å². The second-order valence-corrected chi connectivity index (χ2v) is 7.25. The molecule has 1 fully saturated rings. The van der Waals surface area contributed by atoms with Crippen LogP contribution in [0.15, 0.2) is 65.8 Å². The van der Waals surface area contributed by atoms with Crippen molar-refractivity contribution in [2.45, 2.75) is 42.6 Å². The monoisotopic (exact) mass is 335 g/mol. The average Bonchev–Trinajstić information content (AvgIpc) is 3.41. The Hall–Kier alpha value is -2.07. The van der Waals surface area contributed by atoms with Gasteiger partial charge in [0.1, 0.15) is 5.82 Å². The van der Waals surface area contributed by atoms with Crippen LogP contribution < -0.4 is 0 Å². The smallest absolute Gasteiger partial charge is 0.192 e. The van der Waals surface area contributed by atoms with Crippen LogP contribution in [-0.4, -0.2) is 14.8 Å². The molecular formula is C20H21N3S. The third-order valence-electron chi connectivity index (χ3n) is 4.43. The summed E-state index contributed by atoms with van der Waals surface area (Å²) in [5.74, 6) is 1.79. The zero-order valence-electron chi connectivity index (χ0n) is 13.8. The van der Waals surface area contributed by atoms with Crippen molar-refractivity contribution in [3.05, 3.63) is 77.6 Å². The van der Waals surface area contributed by atoms with Gasteiger partial charge in [0.05, 0.1) is 5.25 Å². The maximum absolute atomic E-state index is 4.51. The number of rotatable bonds is 6. The van der Waals surface area contributed by atoms with Crippen molar-refractivity contribution in [3.8, 4) is 0 Å². The molecule has 0 atom stereocenters. The quantitative estimate of drug-likeness (QED) is 0.590. The van der Waals surface area contributed by atoms with E-state index in [9.17, 15) is 0 Å². The van der Waals surface area contributed by atoms with Crippen LogP contribution in [0.1, 0.15) is 47.9 Å². The average molecular weight is 335 g/mol. The van der Waals surface area contributed by atoms with Gasteiger partial charge < -0.3 is 4.57 Å². The summed E-state index contributed by atoms with van der Waals surface area (Å²) >= 11 is 1.80. The van der Waals surface area contributed by atoms with Crippen molar-refractivity contribution in [2.75, 3.05) is 0 Å². The van der Waals surface area contributed by atoms with E-state index in [-0.39, 0.29) is 5.25 Å². The van der Waals surface area contributed by atoms with Crippen molar-refractivity contribution < 1.29 is 0 Å². The summed E-state index contributed by atoms with van der Waals surface area (Å²) in [5, 5.41) is 10.3. The largest absolute Gasteiger partial charge is 0.306 e. The van der Waals surface area contributed by atoms with Gasteiger partial charge in [-0.05, 0) is 30.9 Å². The lowest BCUT2D eigenvalue weighted by atomic mass is 10.0. The fourth-order valence-electron chi connectivity index (χ4n) is 3.02. The summed E-state index contributed by atoms with van der Waals surface area (Å²) in [6, 6.07) is 21.3. The molecule has 1 heterocycles. The molecule has 1 saturated carbocycles. The van der Waals surface area contributed by atoms with Crippen LogP contribution in [0.3, 0.4) is 0 Å². The first-order chi connectivity index (χ1) is 11.9. The third-order valence-corrected chi connectivity index (χ3v) is 5.72. The minimum atomic E-state index is 0.231. The van der Waals surface area contributed by atoms with Crippen LogP contribution >= 0.6 is 11.8 Å². The van der Waals surface area contributed by atoms with Crippen molar-refractivity contribution in [1.82, 2.24) is 14.8 Å². The predicted molar refractivity (Wildman–Crippen MR) is 98.3 cm³/mol. The lowest BCUT2D eigenvalue weighted by Crippen LogP contribution is -2.04. The molecule has 1 aliphatic rings. The Kier molecular flexibility index (Phi) is 4.39. The van der Waals surface area contributed by atoms with Gasteiger partial charge in [-0.2, -0.15) is 0 Å². The fraction of sp³-hybridized carbons (Fsp3) is 0.300. The van der Waals surface area contributed by atoms with Crippen molar-refractivity contribution in [1.29, 1.82) is 0 Å². The van der Waals surface area contributed by atoms with E-state index < -0.39 is 0 Å². The molecule has 0 bridgehead atoms. The van der Waals surface area contributed by atoms with Crippen LogP contribution in [0.2, 0.25) is 0 Å². The molecule has 4 rings (SSSR count). The van der Waals surface area contributed by atoms with E-state index in [4.69, 9.17) is 0 Å². The first kappa shape index (κ1) is 15.5. The van der Waals surface area contributed by atoms with Gasteiger partial charge >= 0.3 is 0 Å². The molecule has 0 aliphatic heterocycles. The Labute approximate surface area is 147 Å². The molecule has 0 amide bonds. The normalized spacial score (nSPS) is 14.2. The minimum Gasteiger partial charge on any atom is -0.306 e. The predicted octanol–water partition coefficient (Wildman–Crippen LogP) is 5.06. The molecule has 1 aromatic heterocycles. The molecule has 4 heteroatoms. The molecule has 0 saturated heterocycles. The summed E-state index contributed by atoms with van der Waals surface area (Å²) in [4.78, 5) is 0. The minimum absolute atomic E-state index is 0.231. The Bertz CT molecular complexity index is 755. The molecule has 1 aliphatic carbocycles. The second kappa shape index (κ2) is 6.81. The van der Waals surface area contributed by atoms with E-state index in [1.54, 1.807) is 11.8 Å². The van der Waals surface area contributed by atoms with Crippen molar-refractivity contribution >= 4 is 11.8 Å². The standard InChI is InChI=1S/C20H21N3S/c1-2-23-19(17-13-14-17)21-22-20(23)24-18(15-9-5-3-6-10-15)16-11-7-4-8-12-16/h3-12,17-18H,2,13-14H2,1H3. The van der Waals surface area contributed by atoms with Gasteiger partial charge in [0, 0.05) is 12.5 Å². The zero-order chi connectivity index (χ0) is 16.4. The van der Waals surface area contributed by atoms with Gasteiger partial charge in [0.25, 0.3) is 0 Å². The van der Waals surface area contributed by atoms with E-state index in [1.165, 1.54) is 29.8 Å². The Balaban J connectivity index is 1.70. The Morgan fingerprint density at radius 3 is 2.04 bits per heavy atom. The lowest BCUT2D eigenvalue weighted by Gasteiger charge is -2.17. The van der Waals surface area contributed by atoms with E-state index in [2.05, 4.69) is 82.4 Å². The first-order valence-electron chi connectivity index (χ1n) is 8.56. The number of hydrogen-bond acceptors (Lipinski definition) is 3. The molecule has 0 spiro atoms. The molecule has 3 nitrogen and oxygen atoms in total. The van der Waals surface area contributed by atoms with Gasteiger partial charge in [-0.25, -0.2) is 0 Å².